The van der Waals surface area contributed by atoms with Gasteiger partial charge in [0.2, 0.25) is 0 Å². The first-order valence-electron chi connectivity index (χ1n) is 5.73. The number of aromatic nitrogens is 1. The minimum atomic E-state index is 0.392. The van der Waals surface area contributed by atoms with Crippen LogP contribution in [-0.4, -0.2) is 24.1 Å². The number of hydrogen-bond donors (Lipinski definition) is 2. The standard InChI is InChI=1S/C12H19N3/c1-10(11-4-2-6-13-8-11)15-12-5-3-7-14-9-12/h2,4,6,8,10,12,14-15H,3,5,7,9H2,1H3/t10-,12?/m1/s1. The highest BCUT2D eigenvalue weighted by atomic mass is 15.0. The van der Waals surface area contributed by atoms with E-state index in [4.69, 9.17) is 0 Å². The lowest BCUT2D eigenvalue weighted by atomic mass is 10.0. The molecule has 1 fully saturated rings. The van der Waals surface area contributed by atoms with Gasteiger partial charge in [0.15, 0.2) is 0 Å². The summed E-state index contributed by atoms with van der Waals surface area (Å²) in [6, 6.07) is 5.12. The molecule has 2 rings (SSSR count). The van der Waals surface area contributed by atoms with Gasteiger partial charge < -0.3 is 10.6 Å². The first kappa shape index (κ1) is 10.6. The van der Waals surface area contributed by atoms with Gasteiger partial charge in [0, 0.05) is 31.0 Å². The van der Waals surface area contributed by atoms with Crippen molar-refractivity contribution in [3.05, 3.63) is 30.1 Å². The highest BCUT2D eigenvalue weighted by molar-refractivity contribution is 5.13. The summed E-state index contributed by atoms with van der Waals surface area (Å²) < 4.78 is 0. The quantitative estimate of drug-likeness (QED) is 0.785. The first-order valence-corrected chi connectivity index (χ1v) is 5.73. The van der Waals surface area contributed by atoms with E-state index < -0.39 is 0 Å². The van der Waals surface area contributed by atoms with Gasteiger partial charge in [0.1, 0.15) is 0 Å². The minimum Gasteiger partial charge on any atom is -0.315 e. The lowest BCUT2D eigenvalue weighted by Crippen LogP contribution is -2.43. The van der Waals surface area contributed by atoms with Crippen molar-refractivity contribution in [2.24, 2.45) is 0 Å². The van der Waals surface area contributed by atoms with Crippen molar-refractivity contribution in [2.75, 3.05) is 13.1 Å². The van der Waals surface area contributed by atoms with E-state index in [-0.39, 0.29) is 0 Å². The number of piperidine rings is 1. The summed E-state index contributed by atoms with van der Waals surface area (Å²) in [5.41, 5.74) is 1.27. The molecule has 0 aliphatic carbocycles. The summed E-state index contributed by atoms with van der Waals surface area (Å²) in [7, 11) is 0. The normalized spacial score (nSPS) is 23.7. The SMILES string of the molecule is C[C@@H](NC1CCCNC1)c1cccnc1. The third-order valence-corrected chi connectivity index (χ3v) is 2.97. The molecule has 0 aromatic carbocycles. The second-order valence-corrected chi connectivity index (χ2v) is 4.22. The van der Waals surface area contributed by atoms with Crippen molar-refractivity contribution in [3.8, 4) is 0 Å². The predicted molar refractivity (Wildman–Crippen MR) is 61.7 cm³/mol. The van der Waals surface area contributed by atoms with Crippen LogP contribution in [0.4, 0.5) is 0 Å². The molecule has 1 aromatic heterocycles. The molecule has 82 valence electrons. The zero-order valence-electron chi connectivity index (χ0n) is 9.24. The van der Waals surface area contributed by atoms with Gasteiger partial charge >= 0.3 is 0 Å². The van der Waals surface area contributed by atoms with Gasteiger partial charge in [0.05, 0.1) is 0 Å². The predicted octanol–water partition coefficient (Wildman–Crippen LogP) is 1.48. The van der Waals surface area contributed by atoms with Crippen molar-refractivity contribution in [1.29, 1.82) is 0 Å². The monoisotopic (exact) mass is 205 g/mol. The van der Waals surface area contributed by atoms with Crippen LogP contribution in [0.15, 0.2) is 24.5 Å². The smallest absolute Gasteiger partial charge is 0.0315 e. The summed E-state index contributed by atoms with van der Waals surface area (Å²) in [5, 5.41) is 7.05. The number of nitrogens with one attached hydrogen (secondary N) is 2. The molecular weight excluding hydrogens is 186 g/mol. The Balaban J connectivity index is 1.88. The largest absolute Gasteiger partial charge is 0.315 e. The van der Waals surface area contributed by atoms with Gasteiger partial charge in [-0.1, -0.05) is 6.07 Å². The number of rotatable bonds is 3. The molecule has 0 spiro atoms. The van der Waals surface area contributed by atoms with E-state index in [9.17, 15) is 0 Å². The lowest BCUT2D eigenvalue weighted by molar-refractivity contribution is 0.362. The molecule has 2 N–H and O–H groups in total. The topological polar surface area (TPSA) is 37.0 Å². The molecular formula is C12H19N3. The maximum absolute atomic E-state index is 4.14. The average molecular weight is 205 g/mol. The van der Waals surface area contributed by atoms with Crippen LogP contribution in [0.3, 0.4) is 0 Å². The van der Waals surface area contributed by atoms with Crippen LogP contribution in [-0.2, 0) is 0 Å². The summed E-state index contributed by atoms with van der Waals surface area (Å²) in [4.78, 5) is 4.14. The Kier molecular flexibility index (Phi) is 3.69. The zero-order valence-corrected chi connectivity index (χ0v) is 9.24. The van der Waals surface area contributed by atoms with Crippen molar-refractivity contribution < 1.29 is 0 Å². The van der Waals surface area contributed by atoms with E-state index in [0.717, 1.165) is 6.54 Å². The molecule has 1 unspecified atom stereocenters. The molecule has 1 aliphatic rings. The molecule has 3 nitrogen and oxygen atoms in total. The zero-order chi connectivity index (χ0) is 10.5. The fraction of sp³-hybridized carbons (Fsp3) is 0.583. The Hall–Kier alpha value is -0.930. The first-order chi connectivity index (χ1) is 7.36. The van der Waals surface area contributed by atoms with Crippen LogP contribution in [0.5, 0.6) is 0 Å². The molecule has 1 saturated heterocycles. The Labute approximate surface area is 91.3 Å². The summed E-state index contributed by atoms with van der Waals surface area (Å²) in [6.07, 6.45) is 6.31. The van der Waals surface area contributed by atoms with Gasteiger partial charge in [-0.2, -0.15) is 0 Å². The van der Waals surface area contributed by atoms with Crippen LogP contribution in [0, 0.1) is 0 Å². The Bertz CT molecular complexity index is 280. The summed E-state index contributed by atoms with van der Waals surface area (Å²) in [5.74, 6) is 0. The Morgan fingerprint density at radius 1 is 1.60 bits per heavy atom. The van der Waals surface area contributed by atoms with E-state index in [1.165, 1.54) is 24.9 Å². The summed E-state index contributed by atoms with van der Waals surface area (Å²) in [6.45, 7) is 4.45. The van der Waals surface area contributed by atoms with Crippen molar-refractivity contribution in [3.63, 3.8) is 0 Å². The van der Waals surface area contributed by atoms with Crippen molar-refractivity contribution >= 4 is 0 Å². The fourth-order valence-corrected chi connectivity index (χ4v) is 2.08. The number of pyridine rings is 1. The van der Waals surface area contributed by atoms with Gasteiger partial charge in [0.25, 0.3) is 0 Å². The van der Waals surface area contributed by atoms with E-state index in [2.05, 4.69) is 28.6 Å². The molecule has 3 heteroatoms. The molecule has 2 atom stereocenters. The van der Waals surface area contributed by atoms with Gasteiger partial charge in [-0.05, 0) is 37.9 Å². The molecule has 1 aliphatic heterocycles. The molecule has 0 bridgehead atoms. The third kappa shape index (κ3) is 3.01. The molecule has 1 aromatic rings. The Morgan fingerprint density at radius 3 is 3.20 bits per heavy atom. The van der Waals surface area contributed by atoms with Crippen molar-refractivity contribution in [2.45, 2.75) is 31.8 Å². The van der Waals surface area contributed by atoms with Crippen LogP contribution in [0.2, 0.25) is 0 Å². The molecule has 0 radical (unpaired) electrons. The molecule has 2 heterocycles. The number of nitrogens with zero attached hydrogens (tertiary/aromatic N) is 1. The van der Waals surface area contributed by atoms with Gasteiger partial charge in [-0.25, -0.2) is 0 Å². The second kappa shape index (κ2) is 5.24. The van der Waals surface area contributed by atoms with E-state index >= 15 is 0 Å². The van der Waals surface area contributed by atoms with Crippen LogP contribution >= 0.6 is 0 Å². The maximum atomic E-state index is 4.14. The Morgan fingerprint density at radius 2 is 2.53 bits per heavy atom. The van der Waals surface area contributed by atoms with Crippen LogP contribution in [0.25, 0.3) is 0 Å². The van der Waals surface area contributed by atoms with Crippen LogP contribution in [0.1, 0.15) is 31.4 Å². The number of hydrogen-bond acceptors (Lipinski definition) is 3. The lowest BCUT2D eigenvalue weighted by Gasteiger charge is -2.27. The third-order valence-electron chi connectivity index (χ3n) is 2.97. The van der Waals surface area contributed by atoms with E-state index in [1.54, 1.807) is 0 Å². The molecule has 0 amide bonds. The van der Waals surface area contributed by atoms with Crippen LogP contribution < -0.4 is 10.6 Å². The average Bonchev–Trinajstić information content (AvgIpc) is 2.31. The molecule has 0 saturated carbocycles. The molecule has 15 heavy (non-hydrogen) atoms. The van der Waals surface area contributed by atoms with E-state index in [1.807, 2.05) is 18.5 Å². The minimum absolute atomic E-state index is 0.392. The van der Waals surface area contributed by atoms with E-state index in [0.29, 0.717) is 12.1 Å². The summed E-state index contributed by atoms with van der Waals surface area (Å²) >= 11 is 0. The van der Waals surface area contributed by atoms with Gasteiger partial charge in [-0.15, -0.1) is 0 Å². The van der Waals surface area contributed by atoms with Crippen molar-refractivity contribution in [1.82, 2.24) is 15.6 Å². The highest BCUT2D eigenvalue weighted by Gasteiger charge is 2.15. The van der Waals surface area contributed by atoms with Gasteiger partial charge in [-0.3, -0.25) is 4.98 Å². The maximum Gasteiger partial charge on any atom is 0.0315 e. The second-order valence-electron chi connectivity index (χ2n) is 4.22. The fourth-order valence-electron chi connectivity index (χ4n) is 2.08. The highest BCUT2D eigenvalue weighted by Crippen LogP contribution is 2.13.